The molecular formula is C16H15FN2O2S. The third-order valence-corrected chi connectivity index (χ3v) is 3.99. The molecule has 0 bridgehead atoms. The number of hydrogen-bond donors (Lipinski definition) is 0. The van der Waals surface area contributed by atoms with Crippen LogP contribution in [0.3, 0.4) is 0 Å². The Kier molecular flexibility index (Phi) is 5.61. The Morgan fingerprint density at radius 1 is 1.55 bits per heavy atom. The van der Waals surface area contributed by atoms with Crippen LogP contribution in [0.4, 0.5) is 4.39 Å². The second-order valence-corrected chi connectivity index (χ2v) is 5.65. The lowest BCUT2D eigenvalue weighted by molar-refractivity contribution is -0.119. The molecule has 0 saturated heterocycles. The number of ether oxygens (including phenoxy) is 1. The van der Waals surface area contributed by atoms with E-state index in [2.05, 4.69) is 4.98 Å². The first-order valence-corrected chi connectivity index (χ1v) is 7.71. The molecule has 6 heteroatoms. The smallest absolute Gasteiger partial charge is 0.157 e. The lowest BCUT2D eigenvalue weighted by Crippen LogP contribution is -2.12. The summed E-state index contributed by atoms with van der Waals surface area (Å²) < 4.78 is 18.3. The molecule has 0 saturated carbocycles. The second-order valence-electron chi connectivity index (χ2n) is 4.76. The molecule has 0 fully saturated rings. The standard InChI is InChI=1S/C16H15FN2O2S/c1-11-10-22-16(19-11)14(9-18)15(20)6-3-7-21-13-5-2-4-12(17)8-13/h2,4-5,8,10,14H,3,6-7H2,1H3/t14-/m0/s1. The van der Waals surface area contributed by atoms with Gasteiger partial charge in [-0.25, -0.2) is 9.37 Å². The minimum absolute atomic E-state index is 0.167. The van der Waals surface area contributed by atoms with Crippen LogP contribution in [0.5, 0.6) is 5.75 Å². The van der Waals surface area contributed by atoms with Crippen LogP contribution in [0, 0.1) is 24.1 Å². The number of rotatable bonds is 7. The van der Waals surface area contributed by atoms with Crippen LogP contribution < -0.4 is 4.74 Å². The number of nitrogens with zero attached hydrogens (tertiary/aromatic N) is 2. The Morgan fingerprint density at radius 2 is 2.36 bits per heavy atom. The van der Waals surface area contributed by atoms with E-state index in [1.54, 1.807) is 12.1 Å². The summed E-state index contributed by atoms with van der Waals surface area (Å²) in [6.45, 7) is 2.12. The summed E-state index contributed by atoms with van der Waals surface area (Å²) >= 11 is 1.32. The molecule has 0 aliphatic heterocycles. The van der Waals surface area contributed by atoms with Gasteiger partial charge in [0.15, 0.2) is 11.7 Å². The van der Waals surface area contributed by atoms with Gasteiger partial charge in [-0.2, -0.15) is 5.26 Å². The summed E-state index contributed by atoms with van der Waals surface area (Å²) in [5.74, 6) is -0.912. The van der Waals surface area contributed by atoms with E-state index in [1.165, 1.54) is 23.5 Å². The van der Waals surface area contributed by atoms with Gasteiger partial charge in [-0.15, -0.1) is 11.3 Å². The van der Waals surface area contributed by atoms with E-state index >= 15 is 0 Å². The van der Waals surface area contributed by atoms with Gasteiger partial charge in [0, 0.05) is 23.6 Å². The number of aromatic nitrogens is 1. The third-order valence-electron chi connectivity index (χ3n) is 2.97. The highest BCUT2D eigenvalue weighted by Crippen LogP contribution is 2.22. The summed E-state index contributed by atoms with van der Waals surface area (Å²) in [7, 11) is 0. The van der Waals surface area contributed by atoms with Crippen molar-refractivity contribution in [3.63, 3.8) is 0 Å². The number of thiazole rings is 1. The van der Waals surface area contributed by atoms with E-state index in [0.717, 1.165) is 5.69 Å². The summed E-state index contributed by atoms with van der Waals surface area (Å²) in [4.78, 5) is 16.3. The van der Waals surface area contributed by atoms with Crippen LogP contribution in [0.15, 0.2) is 29.6 Å². The first-order chi connectivity index (χ1) is 10.6. The lowest BCUT2D eigenvalue weighted by atomic mass is 10.0. The highest BCUT2D eigenvalue weighted by atomic mass is 32.1. The van der Waals surface area contributed by atoms with Crippen LogP contribution in [0.2, 0.25) is 0 Å². The normalized spacial score (nSPS) is 11.7. The molecule has 22 heavy (non-hydrogen) atoms. The Morgan fingerprint density at radius 3 is 3.00 bits per heavy atom. The SMILES string of the molecule is Cc1csc([C@@H](C#N)C(=O)CCCOc2cccc(F)c2)n1. The number of nitriles is 1. The van der Waals surface area contributed by atoms with Crippen LogP contribution in [0.25, 0.3) is 0 Å². The third kappa shape index (κ3) is 4.37. The van der Waals surface area contributed by atoms with Crippen molar-refractivity contribution in [1.29, 1.82) is 5.26 Å². The minimum Gasteiger partial charge on any atom is -0.493 e. The van der Waals surface area contributed by atoms with Crippen LogP contribution >= 0.6 is 11.3 Å². The molecule has 1 atom stereocenters. The molecule has 0 aliphatic rings. The van der Waals surface area contributed by atoms with Crippen molar-refractivity contribution in [3.05, 3.63) is 46.2 Å². The van der Waals surface area contributed by atoms with Crippen LogP contribution in [0.1, 0.15) is 29.5 Å². The first kappa shape index (κ1) is 16.1. The average molecular weight is 318 g/mol. The fourth-order valence-electron chi connectivity index (χ4n) is 1.91. The van der Waals surface area contributed by atoms with Gasteiger partial charge in [0.25, 0.3) is 0 Å². The molecule has 0 N–H and O–H groups in total. The van der Waals surface area contributed by atoms with Crippen molar-refractivity contribution in [2.45, 2.75) is 25.7 Å². The summed E-state index contributed by atoms with van der Waals surface area (Å²) in [5.41, 5.74) is 0.808. The predicted octanol–water partition coefficient (Wildman–Crippen LogP) is 3.63. The molecule has 0 unspecified atom stereocenters. The molecule has 0 radical (unpaired) electrons. The average Bonchev–Trinajstić information content (AvgIpc) is 2.91. The zero-order chi connectivity index (χ0) is 15.9. The van der Waals surface area contributed by atoms with Crippen molar-refractivity contribution in [3.8, 4) is 11.8 Å². The number of ketones is 1. The van der Waals surface area contributed by atoms with Crippen LogP contribution in [-0.2, 0) is 4.79 Å². The fraction of sp³-hybridized carbons (Fsp3) is 0.312. The van der Waals surface area contributed by atoms with Crippen LogP contribution in [-0.4, -0.2) is 17.4 Å². The molecule has 4 nitrogen and oxygen atoms in total. The Hall–Kier alpha value is -2.26. The van der Waals surface area contributed by atoms with Gasteiger partial charge >= 0.3 is 0 Å². The zero-order valence-corrected chi connectivity index (χ0v) is 12.9. The van der Waals surface area contributed by atoms with Gasteiger partial charge < -0.3 is 4.74 Å². The van der Waals surface area contributed by atoms with Gasteiger partial charge in [0.1, 0.15) is 16.6 Å². The number of halogens is 1. The zero-order valence-electron chi connectivity index (χ0n) is 12.1. The molecule has 2 rings (SSSR count). The highest BCUT2D eigenvalue weighted by molar-refractivity contribution is 7.09. The summed E-state index contributed by atoms with van der Waals surface area (Å²) in [6, 6.07) is 7.85. The summed E-state index contributed by atoms with van der Waals surface area (Å²) in [5, 5.41) is 11.5. The fourth-order valence-corrected chi connectivity index (χ4v) is 2.77. The maximum atomic E-state index is 13.0. The topological polar surface area (TPSA) is 63.0 Å². The van der Waals surface area contributed by atoms with E-state index in [-0.39, 0.29) is 18.0 Å². The number of benzene rings is 1. The van der Waals surface area contributed by atoms with Gasteiger partial charge in [0.2, 0.25) is 0 Å². The van der Waals surface area contributed by atoms with Crippen molar-refractivity contribution in [2.75, 3.05) is 6.61 Å². The van der Waals surface area contributed by atoms with E-state index in [4.69, 9.17) is 10.00 Å². The molecule has 114 valence electrons. The lowest BCUT2D eigenvalue weighted by Gasteiger charge is -2.07. The molecular weight excluding hydrogens is 303 g/mol. The Bertz CT molecular complexity index is 693. The quantitative estimate of drug-likeness (QED) is 0.731. The molecule has 0 amide bonds. The van der Waals surface area contributed by atoms with Crippen molar-refractivity contribution >= 4 is 17.1 Å². The van der Waals surface area contributed by atoms with Gasteiger partial charge in [-0.05, 0) is 25.5 Å². The largest absolute Gasteiger partial charge is 0.493 e. The van der Waals surface area contributed by atoms with E-state index in [9.17, 15) is 9.18 Å². The second kappa shape index (κ2) is 7.66. The number of Topliss-reactive ketones (excluding diaryl/α,β-unsaturated/α-hetero) is 1. The predicted molar refractivity (Wildman–Crippen MR) is 81.3 cm³/mol. The number of carbonyl (C=O) groups excluding carboxylic acids is 1. The van der Waals surface area contributed by atoms with Gasteiger partial charge in [-0.3, -0.25) is 4.79 Å². The molecule has 1 heterocycles. The van der Waals surface area contributed by atoms with E-state index < -0.39 is 5.92 Å². The number of aryl methyl sites for hydroxylation is 1. The number of carbonyl (C=O) groups is 1. The highest BCUT2D eigenvalue weighted by Gasteiger charge is 2.22. The number of hydrogen-bond acceptors (Lipinski definition) is 5. The molecule has 1 aromatic carbocycles. The molecule has 2 aromatic rings. The van der Waals surface area contributed by atoms with E-state index in [1.807, 2.05) is 18.4 Å². The van der Waals surface area contributed by atoms with Crippen molar-refractivity contribution in [2.24, 2.45) is 0 Å². The first-order valence-electron chi connectivity index (χ1n) is 6.83. The summed E-state index contributed by atoms with van der Waals surface area (Å²) in [6.07, 6.45) is 0.698. The van der Waals surface area contributed by atoms with Crippen molar-refractivity contribution in [1.82, 2.24) is 4.98 Å². The Balaban J connectivity index is 1.81. The molecule has 0 spiro atoms. The maximum absolute atomic E-state index is 13.0. The molecule has 1 aromatic heterocycles. The monoisotopic (exact) mass is 318 g/mol. The van der Waals surface area contributed by atoms with Crippen molar-refractivity contribution < 1.29 is 13.9 Å². The Labute approximate surface area is 132 Å². The van der Waals surface area contributed by atoms with E-state index in [0.29, 0.717) is 23.8 Å². The molecule has 0 aliphatic carbocycles. The van der Waals surface area contributed by atoms with Gasteiger partial charge in [-0.1, -0.05) is 6.07 Å². The maximum Gasteiger partial charge on any atom is 0.157 e. The van der Waals surface area contributed by atoms with Gasteiger partial charge in [0.05, 0.1) is 12.7 Å². The minimum atomic E-state index is -0.812.